The van der Waals surface area contributed by atoms with Crippen LogP contribution in [0, 0.1) is 52.8 Å². The zero-order valence-electron chi connectivity index (χ0n) is 32.0. The predicted octanol–water partition coefficient (Wildman–Crippen LogP) is 2.55. The standard InChI is InChI=1S/C38H66BrN5O7/c1-21-29-16-26(38(29,3)4)17-30(21)42-37(49)34-33(22(2)46)31(20-45)51-44(34)19-23-9-8-10-28(35(23)50-7)24-13-25(15-27(14-24)43(5)6)36(48)41-12-11-40-32(47)18-39/h21-31,33-35,45-46H,8-20H2,1-7H3,(H,40,47)(H,41,48)(H,42,49)/t21-,22-,23?,24?,25?,26+,27?,28?,29-,30?,31-,33+,34-,35?/m0/s1. The number of carbonyl (C=O) groups is 3. The zero-order valence-corrected chi connectivity index (χ0v) is 33.6. The first-order valence-electron chi connectivity index (χ1n) is 19.5. The van der Waals surface area contributed by atoms with E-state index in [1.807, 2.05) is 0 Å². The number of aliphatic hydroxyl groups excluding tert-OH is 2. The highest BCUT2D eigenvalue weighted by molar-refractivity contribution is 9.09. The molecule has 5 aliphatic carbocycles. The highest BCUT2D eigenvalue weighted by atomic mass is 79.9. The van der Waals surface area contributed by atoms with Crippen molar-refractivity contribution in [1.82, 2.24) is 25.9 Å². The average molecular weight is 785 g/mol. The number of aliphatic hydroxyl groups is 2. The molecule has 14 atom stereocenters. The third kappa shape index (κ3) is 8.81. The van der Waals surface area contributed by atoms with Crippen LogP contribution in [-0.2, 0) is 24.0 Å². The molecule has 1 aliphatic heterocycles. The molecular formula is C38H66BrN5O7. The molecule has 0 aromatic carbocycles. The van der Waals surface area contributed by atoms with E-state index in [0.717, 1.165) is 44.9 Å². The number of halogens is 1. The van der Waals surface area contributed by atoms with Crippen LogP contribution in [0.3, 0.4) is 0 Å². The van der Waals surface area contributed by atoms with E-state index in [-0.39, 0.29) is 71.5 Å². The smallest absolute Gasteiger partial charge is 0.240 e. The van der Waals surface area contributed by atoms with Crippen molar-refractivity contribution in [2.45, 2.75) is 115 Å². The van der Waals surface area contributed by atoms with Crippen molar-refractivity contribution in [2.75, 3.05) is 52.8 Å². The lowest BCUT2D eigenvalue weighted by Gasteiger charge is -2.62. The topological polar surface area (TPSA) is 153 Å². The summed E-state index contributed by atoms with van der Waals surface area (Å²) in [6.45, 7) is 9.61. The van der Waals surface area contributed by atoms with Gasteiger partial charge in [-0.15, -0.1) is 0 Å². The molecule has 0 radical (unpaired) electrons. The molecule has 7 unspecified atom stereocenters. The van der Waals surface area contributed by atoms with Gasteiger partial charge in [-0.05, 0) is 101 Å². The summed E-state index contributed by atoms with van der Waals surface area (Å²) in [6, 6.07) is -0.381. The van der Waals surface area contributed by atoms with E-state index < -0.39 is 24.2 Å². The molecule has 6 fully saturated rings. The fourth-order valence-electron chi connectivity index (χ4n) is 11.0. The lowest BCUT2D eigenvalue weighted by molar-refractivity contribution is -0.193. The van der Waals surface area contributed by atoms with Crippen LogP contribution < -0.4 is 16.0 Å². The molecule has 5 N–H and O–H groups in total. The summed E-state index contributed by atoms with van der Waals surface area (Å²) in [6.07, 6.45) is 6.06. The highest BCUT2D eigenvalue weighted by Gasteiger charge is 2.58. The Morgan fingerprint density at radius 3 is 2.39 bits per heavy atom. The van der Waals surface area contributed by atoms with E-state index in [1.165, 1.54) is 6.42 Å². The molecule has 0 aromatic rings. The van der Waals surface area contributed by atoms with Gasteiger partial charge >= 0.3 is 0 Å². The number of carbonyl (C=O) groups excluding carboxylic acids is 3. The summed E-state index contributed by atoms with van der Waals surface area (Å²) in [7, 11) is 5.94. The van der Waals surface area contributed by atoms with Crippen LogP contribution in [0.4, 0.5) is 0 Å². The number of hydrogen-bond donors (Lipinski definition) is 5. The number of alkyl halides is 1. The minimum absolute atomic E-state index is 0.0349. The molecule has 3 amide bonds. The number of methoxy groups -OCH3 is 1. The van der Waals surface area contributed by atoms with Crippen LogP contribution in [0.2, 0.25) is 0 Å². The second-order valence-corrected chi connectivity index (χ2v) is 17.9. The van der Waals surface area contributed by atoms with Gasteiger partial charge in [0, 0.05) is 56.6 Å². The van der Waals surface area contributed by atoms with E-state index in [9.17, 15) is 24.6 Å². The number of nitrogens with zero attached hydrogens (tertiary/aromatic N) is 2. The van der Waals surface area contributed by atoms with Crippen molar-refractivity contribution in [3.63, 3.8) is 0 Å². The third-order valence-electron chi connectivity index (χ3n) is 14.0. The van der Waals surface area contributed by atoms with Crippen LogP contribution in [0.15, 0.2) is 0 Å². The van der Waals surface area contributed by atoms with E-state index in [4.69, 9.17) is 9.57 Å². The Morgan fingerprint density at radius 2 is 1.78 bits per heavy atom. The largest absolute Gasteiger partial charge is 0.394 e. The number of ether oxygens (including phenoxy) is 1. The number of amides is 3. The van der Waals surface area contributed by atoms with Gasteiger partial charge in [-0.1, -0.05) is 43.1 Å². The summed E-state index contributed by atoms with van der Waals surface area (Å²) in [5.41, 5.74) is 0.306. The number of rotatable bonds is 14. The first-order chi connectivity index (χ1) is 24.2. The Bertz CT molecular complexity index is 1210. The van der Waals surface area contributed by atoms with Gasteiger partial charge in [0.25, 0.3) is 0 Å². The molecule has 292 valence electrons. The Labute approximate surface area is 314 Å². The van der Waals surface area contributed by atoms with Crippen molar-refractivity contribution in [3.8, 4) is 0 Å². The van der Waals surface area contributed by atoms with E-state index in [2.05, 4.69) is 71.6 Å². The lowest BCUT2D eigenvalue weighted by Crippen LogP contribution is -2.62. The summed E-state index contributed by atoms with van der Waals surface area (Å²) in [5.74, 6) is 1.24. The van der Waals surface area contributed by atoms with Crippen LogP contribution in [0.1, 0.15) is 79.1 Å². The van der Waals surface area contributed by atoms with Crippen LogP contribution in [-0.4, -0.2) is 127 Å². The summed E-state index contributed by atoms with van der Waals surface area (Å²) in [4.78, 5) is 47.9. The van der Waals surface area contributed by atoms with Crippen molar-refractivity contribution < 1.29 is 34.2 Å². The molecule has 13 heteroatoms. The quantitative estimate of drug-likeness (QED) is 0.132. The Balaban J connectivity index is 1.28. The summed E-state index contributed by atoms with van der Waals surface area (Å²) >= 11 is 3.15. The van der Waals surface area contributed by atoms with Gasteiger partial charge in [0.2, 0.25) is 17.7 Å². The van der Waals surface area contributed by atoms with Gasteiger partial charge in [-0.2, -0.15) is 5.06 Å². The summed E-state index contributed by atoms with van der Waals surface area (Å²) in [5, 5.41) is 32.5. The Kier molecular flexibility index (Phi) is 13.9. The van der Waals surface area contributed by atoms with Crippen molar-refractivity contribution in [1.29, 1.82) is 0 Å². The van der Waals surface area contributed by atoms with Crippen LogP contribution >= 0.6 is 15.9 Å². The predicted molar refractivity (Wildman–Crippen MR) is 198 cm³/mol. The van der Waals surface area contributed by atoms with E-state index in [0.29, 0.717) is 42.8 Å². The van der Waals surface area contributed by atoms with Crippen LogP contribution in [0.5, 0.6) is 0 Å². The van der Waals surface area contributed by atoms with Gasteiger partial charge in [-0.3, -0.25) is 19.2 Å². The van der Waals surface area contributed by atoms with E-state index >= 15 is 0 Å². The fourth-order valence-corrected chi connectivity index (χ4v) is 11.2. The average Bonchev–Trinajstić information content (AvgIpc) is 3.48. The first kappa shape index (κ1) is 40.8. The maximum Gasteiger partial charge on any atom is 0.240 e. The SMILES string of the molecule is COC1C(CN2O[C@@H](CO)[C@@H]([C@H](C)O)[C@H]2C(=O)NC2C[C@H]3C[C@@H]([C@@H]2C)C3(C)C)CCCC1C1CC(C(=O)NCCNC(=O)CBr)CC(N(C)C)C1. The minimum atomic E-state index is -0.842. The van der Waals surface area contributed by atoms with Gasteiger partial charge in [0.1, 0.15) is 12.1 Å². The van der Waals surface area contributed by atoms with Gasteiger partial charge in [0.15, 0.2) is 0 Å². The Morgan fingerprint density at radius 1 is 1.06 bits per heavy atom. The Hall–Kier alpha value is -1.35. The third-order valence-corrected chi connectivity index (χ3v) is 14.6. The molecule has 0 aromatic heterocycles. The van der Waals surface area contributed by atoms with Crippen molar-refractivity contribution in [2.24, 2.45) is 52.8 Å². The molecule has 5 saturated carbocycles. The van der Waals surface area contributed by atoms with Gasteiger partial charge in [-0.25, -0.2) is 0 Å². The van der Waals surface area contributed by atoms with Gasteiger partial charge in [0.05, 0.1) is 24.1 Å². The number of hydrogen-bond acceptors (Lipinski definition) is 9. The number of fused-ring (bicyclic) bond motifs is 2. The molecule has 1 saturated heterocycles. The molecule has 6 aliphatic rings. The molecule has 0 spiro atoms. The minimum Gasteiger partial charge on any atom is -0.394 e. The number of hydroxylamine groups is 2. The maximum absolute atomic E-state index is 14.3. The molecule has 51 heavy (non-hydrogen) atoms. The van der Waals surface area contributed by atoms with Crippen molar-refractivity contribution in [3.05, 3.63) is 0 Å². The van der Waals surface area contributed by atoms with Crippen LogP contribution in [0.25, 0.3) is 0 Å². The number of nitrogens with one attached hydrogen (secondary N) is 3. The fraction of sp³-hybridized carbons (Fsp3) is 0.921. The second-order valence-electron chi connectivity index (χ2n) is 17.4. The zero-order chi connectivity index (χ0) is 37.2. The molecule has 6 rings (SSSR count). The molecule has 1 heterocycles. The maximum atomic E-state index is 14.3. The molecule has 2 bridgehead atoms. The molecular weight excluding hydrogens is 718 g/mol. The lowest BCUT2D eigenvalue weighted by atomic mass is 9.45. The van der Waals surface area contributed by atoms with Crippen molar-refractivity contribution >= 4 is 33.7 Å². The highest BCUT2D eigenvalue weighted by Crippen LogP contribution is 2.61. The first-order valence-corrected chi connectivity index (χ1v) is 20.7. The normalized spacial score (nSPS) is 39.9. The monoisotopic (exact) mass is 783 g/mol. The molecule has 12 nitrogen and oxygen atoms in total. The summed E-state index contributed by atoms with van der Waals surface area (Å²) < 4.78 is 6.34. The van der Waals surface area contributed by atoms with Gasteiger partial charge < -0.3 is 35.8 Å². The van der Waals surface area contributed by atoms with E-state index in [1.54, 1.807) is 19.1 Å². The second kappa shape index (κ2) is 17.4.